The Morgan fingerprint density at radius 3 is 2.61 bits per heavy atom. The molecule has 2 aromatic rings. The summed E-state index contributed by atoms with van der Waals surface area (Å²) in [6, 6.07) is 11.4. The first-order valence-electron chi connectivity index (χ1n) is 8.55. The van der Waals surface area contributed by atoms with Gasteiger partial charge in [-0.1, -0.05) is 12.1 Å². The van der Waals surface area contributed by atoms with E-state index in [4.69, 9.17) is 9.47 Å². The van der Waals surface area contributed by atoms with Crippen molar-refractivity contribution in [3.05, 3.63) is 72.2 Å². The summed E-state index contributed by atoms with van der Waals surface area (Å²) in [6.45, 7) is 0.378. The highest BCUT2D eigenvalue weighted by Crippen LogP contribution is 2.30. The molecule has 28 heavy (non-hydrogen) atoms. The summed E-state index contributed by atoms with van der Waals surface area (Å²) in [6.07, 6.45) is 5.51. The predicted octanol–water partition coefficient (Wildman–Crippen LogP) is 3.58. The molecule has 0 saturated carbocycles. The summed E-state index contributed by atoms with van der Waals surface area (Å²) in [5.41, 5.74) is 1.54. The van der Waals surface area contributed by atoms with E-state index in [9.17, 15) is 12.8 Å². The zero-order valence-corrected chi connectivity index (χ0v) is 15.8. The van der Waals surface area contributed by atoms with Crippen LogP contribution in [-0.2, 0) is 10.0 Å². The van der Waals surface area contributed by atoms with Crippen molar-refractivity contribution in [2.24, 2.45) is 4.40 Å². The summed E-state index contributed by atoms with van der Waals surface area (Å²) in [7, 11) is -2.06. The van der Waals surface area contributed by atoms with E-state index < -0.39 is 15.8 Å². The standard InChI is InChI=1S/C20H17FN2O4S/c1-26-19-13-16(8-9-18(19)21)27-15-6-4-14(5-7-15)17-3-2-10-23-11-12-28(24,25)22-20(17)23/h2-10,13H,11-12H2,1H3. The molecule has 0 aliphatic carbocycles. The van der Waals surface area contributed by atoms with Gasteiger partial charge in [-0.2, -0.15) is 0 Å². The molecule has 0 atom stereocenters. The van der Waals surface area contributed by atoms with Crippen molar-refractivity contribution in [3.63, 3.8) is 0 Å². The second kappa shape index (κ2) is 7.12. The number of methoxy groups -OCH3 is 1. The van der Waals surface area contributed by atoms with Crippen LogP contribution in [0.5, 0.6) is 17.2 Å². The number of allylic oxidation sites excluding steroid dienone is 2. The van der Waals surface area contributed by atoms with Crippen LogP contribution in [0.3, 0.4) is 0 Å². The molecule has 0 radical (unpaired) electrons. The fourth-order valence-corrected chi connectivity index (χ4v) is 3.97. The lowest BCUT2D eigenvalue weighted by Crippen LogP contribution is -2.37. The van der Waals surface area contributed by atoms with Crippen molar-refractivity contribution in [1.82, 2.24) is 4.90 Å². The minimum atomic E-state index is -3.45. The maximum Gasteiger partial charge on any atom is 0.256 e. The van der Waals surface area contributed by atoms with E-state index in [0.29, 0.717) is 23.9 Å². The molecule has 8 heteroatoms. The van der Waals surface area contributed by atoms with Crippen molar-refractivity contribution < 1.29 is 22.3 Å². The van der Waals surface area contributed by atoms with Gasteiger partial charge in [0.05, 0.1) is 12.9 Å². The highest BCUT2D eigenvalue weighted by molar-refractivity contribution is 7.90. The number of fused-ring (bicyclic) bond motifs is 1. The topological polar surface area (TPSA) is 68.2 Å². The van der Waals surface area contributed by atoms with Crippen LogP contribution in [-0.4, -0.2) is 38.6 Å². The molecule has 2 aliphatic heterocycles. The van der Waals surface area contributed by atoms with Crippen LogP contribution in [0.2, 0.25) is 0 Å². The smallest absolute Gasteiger partial charge is 0.256 e. The largest absolute Gasteiger partial charge is 0.494 e. The Morgan fingerprint density at radius 2 is 1.86 bits per heavy atom. The zero-order valence-electron chi connectivity index (χ0n) is 15.0. The van der Waals surface area contributed by atoms with Crippen molar-refractivity contribution in [3.8, 4) is 17.2 Å². The van der Waals surface area contributed by atoms with Gasteiger partial charge in [-0.25, -0.2) is 12.8 Å². The predicted molar refractivity (Wildman–Crippen MR) is 105 cm³/mol. The third kappa shape index (κ3) is 3.63. The minimum Gasteiger partial charge on any atom is -0.494 e. The number of hydrogen-bond donors (Lipinski definition) is 0. The van der Waals surface area contributed by atoms with Gasteiger partial charge >= 0.3 is 0 Å². The lowest BCUT2D eigenvalue weighted by Gasteiger charge is -2.29. The maximum atomic E-state index is 13.5. The number of sulfonamides is 1. The first kappa shape index (κ1) is 18.2. The number of benzene rings is 2. The fraction of sp³-hybridized carbons (Fsp3) is 0.150. The van der Waals surface area contributed by atoms with E-state index in [-0.39, 0.29) is 11.5 Å². The third-order valence-electron chi connectivity index (χ3n) is 4.38. The molecule has 0 saturated heterocycles. The Bertz CT molecular complexity index is 1110. The van der Waals surface area contributed by atoms with E-state index in [1.165, 1.54) is 25.3 Å². The first-order chi connectivity index (χ1) is 13.4. The summed E-state index contributed by atoms with van der Waals surface area (Å²) in [4.78, 5) is 1.82. The van der Waals surface area contributed by atoms with Crippen LogP contribution in [0.1, 0.15) is 5.56 Å². The molecule has 2 heterocycles. The van der Waals surface area contributed by atoms with Crippen LogP contribution in [0.15, 0.2) is 65.2 Å². The number of amidine groups is 1. The number of nitrogens with zero attached hydrogens (tertiary/aromatic N) is 2. The van der Waals surface area contributed by atoms with E-state index >= 15 is 0 Å². The molecule has 0 unspecified atom stereocenters. The molecule has 0 N–H and O–H groups in total. The fourth-order valence-electron chi connectivity index (χ4n) is 2.98. The Morgan fingerprint density at radius 1 is 1.11 bits per heavy atom. The summed E-state index contributed by atoms with van der Waals surface area (Å²) >= 11 is 0. The molecule has 0 fully saturated rings. The number of hydrogen-bond acceptors (Lipinski definition) is 5. The molecule has 2 aliphatic rings. The van der Waals surface area contributed by atoms with Crippen molar-refractivity contribution in [2.75, 3.05) is 19.4 Å². The third-order valence-corrected chi connectivity index (χ3v) is 5.53. The number of rotatable bonds is 4. The van der Waals surface area contributed by atoms with Gasteiger partial charge in [0.25, 0.3) is 10.0 Å². The Balaban J connectivity index is 1.59. The summed E-state index contributed by atoms with van der Waals surface area (Å²) in [5.74, 6) is 1.06. The molecule has 4 rings (SSSR count). The average molecular weight is 400 g/mol. The lowest BCUT2D eigenvalue weighted by atomic mass is 10.0. The van der Waals surface area contributed by atoms with Crippen LogP contribution < -0.4 is 9.47 Å². The molecule has 0 aromatic heterocycles. The Hall–Kier alpha value is -3.13. The van der Waals surface area contributed by atoms with Gasteiger partial charge in [0.15, 0.2) is 17.4 Å². The number of ether oxygens (including phenoxy) is 2. The van der Waals surface area contributed by atoms with Gasteiger partial charge in [0.2, 0.25) is 0 Å². The molecular formula is C20H17FN2O4S. The van der Waals surface area contributed by atoms with E-state index in [0.717, 1.165) is 11.1 Å². The SMILES string of the molecule is COc1cc(Oc2ccc(C3=CC=CN4CCS(=O)(=O)N=C34)cc2)ccc1F. The monoisotopic (exact) mass is 400 g/mol. The van der Waals surface area contributed by atoms with Gasteiger partial charge in [-0.05, 0) is 42.0 Å². The van der Waals surface area contributed by atoms with E-state index in [1.54, 1.807) is 12.1 Å². The van der Waals surface area contributed by atoms with E-state index in [1.807, 2.05) is 35.4 Å². The highest BCUT2D eigenvalue weighted by atomic mass is 32.2. The van der Waals surface area contributed by atoms with E-state index in [2.05, 4.69) is 4.40 Å². The van der Waals surface area contributed by atoms with Crippen molar-refractivity contribution in [1.29, 1.82) is 0 Å². The molecular weight excluding hydrogens is 383 g/mol. The van der Waals surface area contributed by atoms with Crippen molar-refractivity contribution in [2.45, 2.75) is 0 Å². The van der Waals surface area contributed by atoms with Crippen LogP contribution >= 0.6 is 0 Å². The first-order valence-corrected chi connectivity index (χ1v) is 10.2. The summed E-state index contributed by atoms with van der Waals surface area (Å²) in [5, 5.41) is 0. The molecule has 0 amide bonds. The second-order valence-corrected chi connectivity index (χ2v) is 7.99. The molecule has 2 aromatic carbocycles. The quantitative estimate of drug-likeness (QED) is 0.785. The molecule has 0 bridgehead atoms. The zero-order chi connectivity index (χ0) is 19.7. The Labute approximate surface area is 162 Å². The van der Waals surface area contributed by atoms with Crippen LogP contribution in [0.4, 0.5) is 4.39 Å². The number of halogens is 1. The van der Waals surface area contributed by atoms with Crippen molar-refractivity contribution >= 4 is 21.4 Å². The highest BCUT2D eigenvalue weighted by Gasteiger charge is 2.27. The van der Waals surface area contributed by atoms with Gasteiger partial charge in [-0.3, -0.25) is 0 Å². The molecule has 144 valence electrons. The van der Waals surface area contributed by atoms with Gasteiger partial charge in [-0.15, -0.1) is 4.40 Å². The normalized spacial score (nSPS) is 17.4. The molecule has 0 spiro atoms. The van der Waals surface area contributed by atoms with Gasteiger partial charge in [0, 0.05) is 24.4 Å². The summed E-state index contributed by atoms with van der Waals surface area (Å²) < 4.78 is 51.9. The minimum absolute atomic E-state index is 0.00201. The second-order valence-electron chi connectivity index (χ2n) is 6.24. The van der Waals surface area contributed by atoms with Crippen LogP contribution in [0.25, 0.3) is 5.57 Å². The lowest BCUT2D eigenvalue weighted by molar-refractivity contribution is 0.381. The maximum absolute atomic E-state index is 13.5. The van der Waals surface area contributed by atoms with Gasteiger partial charge < -0.3 is 14.4 Å². The van der Waals surface area contributed by atoms with Gasteiger partial charge in [0.1, 0.15) is 11.5 Å². The van der Waals surface area contributed by atoms with Crippen LogP contribution in [0, 0.1) is 5.82 Å². The average Bonchev–Trinajstić information content (AvgIpc) is 2.69. The molecule has 6 nitrogen and oxygen atoms in total. The Kier molecular flexibility index (Phi) is 4.64.